The summed E-state index contributed by atoms with van der Waals surface area (Å²) in [6.07, 6.45) is 3.59. The van der Waals surface area contributed by atoms with E-state index in [-0.39, 0.29) is 0 Å². The number of rotatable bonds is 10. The van der Waals surface area contributed by atoms with Gasteiger partial charge in [0.2, 0.25) is 0 Å². The lowest BCUT2D eigenvalue weighted by Gasteiger charge is -2.25. The molecule has 0 atom stereocenters. The minimum Gasteiger partial charge on any atom is -0.0587 e. The van der Waals surface area contributed by atoms with E-state index < -0.39 is 0 Å². The van der Waals surface area contributed by atoms with Crippen LogP contribution in [0.25, 0.3) is 0 Å². The average molecular weight is 449 g/mol. The van der Waals surface area contributed by atoms with Crippen molar-refractivity contribution < 1.29 is 0 Å². The van der Waals surface area contributed by atoms with Crippen molar-refractivity contribution in [1.82, 2.24) is 0 Å². The maximum absolute atomic E-state index is 2.51. The van der Waals surface area contributed by atoms with Crippen LogP contribution in [0, 0.1) is 0 Å². The summed E-state index contributed by atoms with van der Waals surface area (Å²) in [4.78, 5) is 0. The topological polar surface area (TPSA) is 0 Å². The summed E-state index contributed by atoms with van der Waals surface area (Å²) < 4.78 is 0. The highest BCUT2D eigenvalue weighted by Crippen LogP contribution is 2.35. The molecule has 0 spiro atoms. The first-order chi connectivity index (χ1) is 15.3. The van der Waals surface area contributed by atoms with Gasteiger partial charge in [-0.15, -0.1) is 0 Å². The third kappa shape index (κ3) is 6.74. The van der Waals surface area contributed by atoms with Gasteiger partial charge in [0, 0.05) is 0 Å². The maximum Gasteiger partial charge on any atom is -0.0216 e. The fraction of sp³-hybridized carbons (Fsp3) is 0.636. The SMILES string of the molecule is CC(C)c1cc(C(C)C)c(CCCc2c(C(C)C)cc(C(C)C)cc2C(C)C)c(C(C)C)c1. The lowest BCUT2D eigenvalue weighted by molar-refractivity contribution is 0.718. The summed E-state index contributed by atoms with van der Waals surface area (Å²) in [7, 11) is 0. The van der Waals surface area contributed by atoms with E-state index in [4.69, 9.17) is 0 Å². The molecule has 0 aromatic heterocycles. The predicted octanol–water partition coefficient (Wildman–Crippen LogP) is 10.6. The molecule has 0 unspecified atom stereocenters. The Labute approximate surface area is 206 Å². The van der Waals surface area contributed by atoms with E-state index in [1.807, 2.05) is 0 Å². The molecular weight excluding hydrogens is 396 g/mol. The Morgan fingerprint density at radius 3 is 0.818 bits per heavy atom. The van der Waals surface area contributed by atoms with Gasteiger partial charge < -0.3 is 0 Å². The largest absolute Gasteiger partial charge is 0.0587 e. The van der Waals surface area contributed by atoms with Crippen LogP contribution < -0.4 is 0 Å². The molecule has 0 heterocycles. The molecule has 184 valence electrons. The molecule has 0 aliphatic heterocycles. The summed E-state index contributed by atoms with van der Waals surface area (Å²) in [6, 6.07) is 10.0. The Kier molecular flexibility index (Phi) is 9.83. The van der Waals surface area contributed by atoms with E-state index in [1.54, 1.807) is 33.4 Å². The van der Waals surface area contributed by atoms with Crippen LogP contribution in [0.2, 0.25) is 0 Å². The Morgan fingerprint density at radius 2 is 0.636 bits per heavy atom. The Bertz CT molecular complexity index is 772. The molecule has 0 N–H and O–H groups in total. The molecule has 0 fully saturated rings. The first kappa shape index (κ1) is 27.7. The lowest BCUT2D eigenvalue weighted by atomic mass is 9.80. The second-order valence-corrected chi connectivity index (χ2v) is 12.1. The van der Waals surface area contributed by atoms with Crippen molar-refractivity contribution in [2.45, 2.75) is 138 Å². The molecular formula is C33H52. The monoisotopic (exact) mass is 448 g/mol. The summed E-state index contributed by atoms with van der Waals surface area (Å²) >= 11 is 0. The minimum atomic E-state index is 0.568. The molecule has 0 nitrogen and oxygen atoms in total. The molecule has 0 saturated carbocycles. The van der Waals surface area contributed by atoms with E-state index in [0.29, 0.717) is 35.5 Å². The molecule has 2 aromatic rings. The van der Waals surface area contributed by atoms with Crippen LogP contribution in [-0.2, 0) is 12.8 Å². The molecule has 0 aliphatic carbocycles. The van der Waals surface area contributed by atoms with Crippen molar-refractivity contribution in [3.63, 3.8) is 0 Å². The molecule has 0 heteroatoms. The predicted molar refractivity (Wildman–Crippen MR) is 149 cm³/mol. The van der Waals surface area contributed by atoms with Crippen LogP contribution in [0.1, 0.15) is 170 Å². The van der Waals surface area contributed by atoms with Crippen molar-refractivity contribution >= 4 is 0 Å². The number of benzene rings is 2. The van der Waals surface area contributed by atoms with Crippen molar-refractivity contribution in [2.75, 3.05) is 0 Å². The Hall–Kier alpha value is -1.56. The van der Waals surface area contributed by atoms with Crippen molar-refractivity contribution in [2.24, 2.45) is 0 Å². The molecule has 33 heavy (non-hydrogen) atoms. The summed E-state index contributed by atoms with van der Waals surface area (Å²) in [6.45, 7) is 28.2. The molecule has 0 radical (unpaired) electrons. The summed E-state index contributed by atoms with van der Waals surface area (Å²) in [5.74, 6) is 3.43. The zero-order valence-electron chi connectivity index (χ0n) is 23.9. The van der Waals surface area contributed by atoms with Gasteiger partial charge in [-0.25, -0.2) is 0 Å². The molecule has 0 aliphatic rings. The third-order valence-corrected chi connectivity index (χ3v) is 7.36. The Morgan fingerprint density at radius 1 is 0.394 bits per heavy atom. The number of hydrogen-bond donors (Lipinski definition) is 0. The first-order valence-electron chi connectivity index (χ1n) is 13.7. The van der Waals surface area contributed by atoms with Crippen LogP contribution in [0.3, 0.4) is 0 Å². The van der Waals surface area contributed by atoms with Crippen molar-refractivity contribution in [3.05, 3.63) is 68.8 Å². The highest BCUT2D eigenvalue weighted by Gasteiger charge is 2.19. The smallest absolute Gasteiger partial charge is 0.0216 e. The maximum atomic E-state index is 2.51. The van der Waals surface area contributed by atoms with E-state index in [2.05, 4.69) is 107 Å². The van der Waals surface area contributed by atoms with Gasteiger partial charge in [-0.1, -0.05) is 107 Å². The molecule has 0 saturated heterocycles. The van der Waals surface area contributed by atoms with Crippen molar-refractivity contribution in [1.29, 1.82) is 0 Å². The van der Waals surface area contributed by atoms with Gasteiger partial charge in [-0.2, -0.15) is 0 Å². The van der Waals surface area contributed by atoms with E-state index in [0.717, 1.165) is 0 Å². The van der Waals surface area contributed by atoms with Crippen molar-refractivity contribution in [3.8, 4) is 0 Å². The van der Waals surface area contributed by atoms with Gasteiger partial charge in [-0.05, 0) is 99.3 Å². The van der Waals surface area contributed by atoms with E-state index in [1.165, 1.54) is 30.4 Å². The Balaban J connectivity index is 2.46. The van der Waals surface area contributed by atoms with Gasteiger partial charge >= 0.3 is 0 Å². The van der Waals surface area contributed by atoms with Gasteiger partial charge in [-0.3, -0.25) is 0 Å². The minimum absolute atomic E-state index is 0.568. The molecule has 2 rings (SSSR count). The van der Waals surface area contributed by atoms with Gasteiger partial charge in [0.05, 0.1) is 0 Å². The normalized spacial score (nSPS) is 12.4. The van der Waals surface area contributed by atoms with Crippen LogP contribution in [-0.4, -0.2) is 0 Å². The summed E-state index contributed by atoms with van der Waals surface area (Å²) in [5, 5.41) is 0. The van der Waals surface area contributed by atoms with Crippen LogP contribution >= 0.6 is 0 Å². The quantitative estimate of drug-likeness (QED) is 0.339. The average Bonchev–Trinajstić information content (AvgIpc) is 2.72. The zero-order valence-corrected chi connectivity index (χ0v) is 23.9. The lowest BCUT2D eigenvalue weighted by Crippen LogP contribution is -2.09. The summed E-state index contributed by atoms with van der Waals surface area (Å²) in [5.41, 5.74) is 12.6. The van der Waals surface area contributed by atoms with E-state index >= 15 is 0 Å². The van der Waals surface area contributed by atoms with E-state index in [9.17, 15) is 0 Å². The van der Waals surface area contributed by atoms with Gasteiger partial charge in [0.25, 0.3) is 0 Å². The highest BCUT2D eigenvalue weighted by molar-refractivity contribution is 5.45. The first-order valence-corrected chi connectivity index (χ1v) is 13.7. The van der Waals surface area contributed by atoms with Crippen LogP contribution in [0.15, 0.2) is 24.3 Å². The highest BCUT2D eigenvalue weighted by atomic mass is 14.2. The van der Waals surface area contributed by atoms with Crippen LogP contribution in [0.4, 0.5) is 0 Å². The van der Waals surface area contributed by atoms with Gasteiger partial charge in [0.1, 0.15) is 0 Å². The number of hydrogen-bond acceptors (Lipinski definition) is 0. The fourth-order valence-electron chi connectivity index (χ4n) is 5.23. The molecule has 0 amide bonds. The van der Waals surface area contributed by atoms with Gasteiger partial charge in [0.15, 0.2) is 0 Å². The van der Waals surface area contributed by atoms with Crippen LogP contribution in [0.5, 0.6) is 0 Å². The second-order valence-electron chi connectivity index (χ2n) is 12.1. The standard InChI is InChI=1S/C33H52/c1-20(2)26-16-30(22(5)6)28(31(17-26)23(7)8)14-13-15-29-32(24(9)10)18-27(21(3)4)19-33(29)25(11)12/h16-25H,13-15H2,1-12H3. The zero-order chi connectivity index (χ0) is 25.0. The molecule has 2 aromatic carbocycles. The third-order valence-electron chi connectivity index (χ3n) is 7.36. The molecule has 0 bridgehead atoms. The second kappa shape index (κ2) is 11.7. The fourth-order valence-corrected chi connectivity index (χ4v) is 5.23.